The second kappa shape index (κ2) is 52.4. The lowest BCUT2D eigenvalue weighted by Gasteiger charge is -2.20. The number of carbonyl (C=O) groups excluding carboxylic acids is 6. The number of hydrogen-bond acceptors (Lipinski definition) is 22. The van der Waals surface area contributed by atoms with Gasteiger partial charge in [0.2, 0.25) is 0 Å². The van der Waals surface area contributed by atoms with E-state index in [1.807, 2.05) is 76.2 Å². The van der Waals surface area contributed by atoms with Crippen molar-refractivity contribution in [3.8, 4) is 69.0 Å². The highest BCUT2D eigenvalue weighted by Gasteiger charge is 2.32. The lowest BCUT2D eigenvalue weighted by atomic mass is 10.2. The van der Waals surface area contributed by atoms with Crippen LogP contribution >= 0.6 is 35.3 Å². The van der Waals surface area contributed by atoms with Gasteiger partial charge in [0.15, 0.2) is 0 Å². The molecule has 0 bridgehead atoms. The zero-order valence-electron chi connectivity index (χ0n) is 62.8. The standard InChI is InChI=1S/C27H29F3O4S.C25H25F3O4S.C20H23F3O3S.C7H8O2.3CO2/c1-4-15-32-26-14-13-25(16-19(26)2)35-18-24(34-23-11-9-21(31-3)10-12-23)17-33-22-7-5-20(6-8-22)27(28,29)30;1-17-14-23(12-13-24(17)30-3)33-16-22(32-21-10-8-19(29-2)9-11-21)15-31-20-6-4-18(5-7-20)25(26,27)28;1-3-10-25-19-9-8-18(11-14(19)2)27-13-16(24)12-26-17-6-4-15(5-7-17)20(21,22)23;1-9-7-4-2-6(8)3-5-7;3*2-1-3/h5-14,16,24H,4,15,17-18H2,1-3H3;4-14,22H,15-16H2,1-3H3;4-9,11,16,24H,3,10,12-13H2,1-2H3;2-5,8H,1H3;;;. The van der Waals surface area contributed by atoms with Crippen LogP contribution in [0.1, 0.15) is 60.1 Å². The van der Waals surface area contributed by atoms with Crippen LogP contribution in [0.3, 0.4) is 0 Å². The van der Waals surface area contributed by atoms with Crippen molar-refractivity contribution >= 4 is 53.7 Å². The molecule has 0 heterocycles. The van der Waals surface area contributed by atoms with E-state index in [0.29, 0.717) is 70.7 Å². The van der Waals surface area contributed by atoms with Gasteiger partial charge in [-0.05, 0) is 250 Å². The Bertz CT molecular complexity index is 4230. The molecule has 0 aliphatic carbocycles. The number of ether oxygens (including phenoxy) is 11. The molecule has 0 amide bonds. The maximum atomic E-state index is 12.8. The van der Waals surface area contributed by atoms with Gasteiger partial charge < -0.3 is 62.3 Å². The molecular weight excluding hydrogens is 1560 g/mol. The average molecular weight is 1640 g/mol. The Hall–Kier alpha value is -10.9. The van der Waals surface area contributed by atoms with Gasteiger partial charge in [-0.1, -0.05) is 13.8 Å². The molecule has 0 spiro atoms. The van der Waals surface area contributed by atoms with Crippen LogP contribution in [-0.2, 0) is 47.3 Å². The van der Waals surface area contributed by atoms with Gasteiger partial charge in [-0.3, -0.25) is 0 Å². The summed E-state index contributed by atoms with van der Waals surface area (Å²) in [5, 5.41) is 18.8. The van der Waals surface area contributed by atoms with Gasteiger partial charge in [0.05, 0.1) is 64.4 Å². The minimum atomic E-state index is -4.38. The topological polar surface area (TPSA) is 244 Å². The minimum Gasteiger partial charge on any atom is -0.508 e. The van der Waals surface area contributed by atoms with Crippen molar-refractivity contribution in [2.45, 2.75) is 99.0 Å². The Kier molecular flexibility index (Phi) is 44.6. The van der Waals surface area contributed by atoms with E-state index in [1.165, 1.54) is 48.2 Å². The third-order valence-electron chi connectivity index (χ3n) is 14.6. The fourth-order valence-electron chi connectivity index (χ4n) is 9.03. The Morgan fingerprint density at radius 3 is 0.885 bits per heavy atom. The maximum absolute atomic E-state index is 12.8. The number of aliphatic hydroxyl groups is 1. The number of rotatable bonds is 32. The quantitative estimate of drug-likeness (QED) is 0.0294. The lowest BCUT2D eigenvalue weighted by Crippen LogP contribution is -2.27. The molecule has 0 aliphatic heterocycles. The number of phenolic OH excluding ortho intramolecular Hbond substituents is 1. The monoisotopic (exact) mass is 1640 g/mol. The van der Waals surface area contributed by atoms with E-state index in [4.69, 9.17) is 86.0 Å². The Labute approximate surface area is 661 Å². The second-order valence-electron chi connectivity index (χ2n) is 23.0. The number of phenols is 1. The number of methoxy groups -OCH3 is 4. The first-order valence-corrected chi connectivity index (χ1v) is 36.9. The van der Waals surface area contributed by atoms with E-state index >= 15 is 0 Å². The third kappa shape index (κ3) is 38.7. The van der Waals surface area contributed by atoms with Crippen LogP contribution in [0.5, 0.6) is 69.0 Å². The Morgan fingerprint density at radius 1 is 0.345 bits per heavy atom. The van der Waals surface area contributed by atoms with Gasteiger partial charge in [-0.2, -0.15) is 68.3 Å². The molecule has 3 unspecified atom stereocenters. The largest absolute Gasteiger partial charge is 0.508 e. The predicted molar refractivity (Wildman–Crippen MR) is 405 cm³/mol. The summed E-state index contributed by atoms with van der Waals surface area (Å²) in [5.74, 6) is 8.80. The van der Waals surface area contributed by atoms with Crippen molar-refractivity contribution < 1.29 is 131 Å². The van der Waals surface area contributed by atoms with Crippen LogP contribution in [0, 0.1) is 20.8 Å². The van der Waals surface area contributed by atoms with E-state index < -0.39 is 41.3 Å². The Morgan fingerprint density at radius 2 is 0.611 bits per heavy atom. The second-order valence-corrected chi connectivity index (χ2v) is 26.3. The molecule has 608 valence electrons. The number of thioether (sulfide) groups is 3. The molecule has 9 aromatic rings. The van der Waals surface area contributed by atoms with Crippen LogP contribution < -0.4 is 52.1 Å². The zero-order valence-corrected chi connectivity index (χ0v) is 65.3. The molecule has 31 heteroatoms. The first-order chi connectivity index (χ1) is 53.9. The van der Waals surface area contributed by atoms with E-state index in [-0.39, 0.29) is 56.2 Å². The van der Waals surface area contributed by atoms with Crippen molar-refractivity contribution in [1.29, 1.82) is 0 Å². The lowest BCUT2D eigenvalue weighted by molar-refractivity contribution is -0.193. The molecule has 3 atom stereocenters. The molecule has 0 saturated carbocycles. The highest BCUT2D eigenvalue weighted by atomic mass is 32.2. The van der Waals surface area contributed by atoms with Gasteiger partial charge in [0.1, 0.15) is 101 Å². The van der Waals surface area contributed by atoms with E-state index in [9.17, 15) is 44.6 Å². The first-order valence-electron chi connectivity index (χ1n) is 33.9. The van der Waals surface area contributed by atoms with Crippen LogP contribution in [0.25, 0.3) is 0 Å². The highest BCUT2D eigenvalue weighted by molar-refractivity contribution is 7.99. The summed E-state index contributed by atoms with van der Waals surface area (Å²) >= 11 is 4.69. The number of aromatic hydroxyl groups is 1. The number of halogens is 9. The third-order valence-corrected chi connectivity index (χ3v) is 17.9. The summed E-state index contributed by atoms with van der Waals surface area (Å²) in [7, 11) is 6.40. The zero-order chi connectivity index (χ0) is 83.8. The molecule has 0 radical (unpaired) electrons. The summed E-state index contributed by atoms with van der Waals surface area (Å²) in [4.78, 5) is 51.9. The van der Waals surface area contributed by atoms with Crippen molar-refractivity contribution in [2.24, 2.45) is 0 Å². The van der Waals surface area contributed by atoms with Gasteiger partial charge >= 0.3 is 37.0 Å². The van der Waals surface area contributed by atoms with Crippen molar-refractivity contribution in [1.82, 2.24) is 0 Å². The van der Waals surface area contributed by atoms with E-state index in [0.717, 1.165) is 104 Å². The first kappa shape index (κ1) is 96.3. The molecule has 0 fully saturated rings. The SMILES string of the molecule is CCCOc1ccc(SCC(COc2ccc(C(F)(F)F)cc2)Oc2ccc(OC)cc2)cc1C.CCCOc1ccc(SCC(O)COc2ccc(C(F)(F)F)cc2)cc1C.COc1ccc(O)cc1.COc1ccc(OC(COc2ccc(C(F)(F)F)cc2)CSc2ccc(OC)c(C)c2)cc1.O=C=O.O=C=O.O=C=O. The van der Waals surface area contributed by atoms with Crippen LogP contribution in [0.4, 0.5) is 39.5 Å². The summed E-state index contributed by atoms with van der Waals surface area (Å²) in [6, 6.07) is 52.5. The van der Waals surface area contributed by atoms with Crippen LogP contribution in [-0.4, -0.2) is 126 Å². The van der Waals surface area contributed by atoms with Gasteiger partial charge in [-0.15, -0.1) is 35.3 Å². The number of aliphatic hydroxyl groups excluding tert-OH is 1. The summed E-state index contributed by atoms with van der Waals surface area (Å²) in [6.07, 6.45) is -11.9. The normalized spacial score (nSPS) is 11.3. The number of aryl methyl sites for hydroxylation is 3. The summed E-state index contributed by atoms with van der Waals surface area (Å²) in [6.45, 7) is 11.8. The van der Waals surface area contributed by atoms with E-state index in [2.05, 4.69) is 13.0 Å². The molecule has 9 rings (SSSR count). The molecule has 2 N–H and O–H groups in total. The van der Waals surface area contributed by atoms with Crippen molar-refractivity contribution in [2.75, 3.05) is 78.7 Å². The molecule has 0 aromatic heterocycles. The number of alkyl halides is 9. The molecular formula is C82H85F9O19S3. The molecule has 0 aliphatic rings. The molecule has 19 nitrogen and oxygen atoms in total. The van der Waals surface area contributed by atoms with Gasteiger partial charge in [0, 0.05) is 31.9 Å². The summed E-state index contributed by atoms with van der Waals surface area (Å²) in [5.41, 5.74) is 0.948. The Balaban J connectivity index is 0.000000396. The highest BCUT2D eigenvalue weighted by Crippen LogP contribution is 2.36. The van der Waals surface area contributed by atoms with Gasteiger partial charge in [-0.25, -0.2) is 0 Å². The summed E-state index contributed by atoms with van der Waals surface area (Å²) < 4.78 is 175. The fourth-order valence-corrected chi connectivity index (χ4v) is 11.9. The fraction of sp³-hybridized carbons (Fsp3) is 0.305. The molecule has 9 aromatic carbocycles. The van der Waals surface area contributed by atoms with E-state index in [1.54, 1.807) is 125 Å². The van der Waals surface area contributed by atoms with Crippen molar-refractivity contribution in [3.05, 3.63) is 234 Å². The molecule has 113 heavy (non-hydrogen) atoms. The van der Waals surface area contributed by atoms with Crippen LogP contribution in [0.2, 0.25) is 0 Å². The van der Waals surface area contributed by atoms with Crippen molar-refractivity contribution in [3.63, 3.8) is 0 Å². The average Bonchev–Trinajstić information content (AvgIpc) is 0.856. The predicted octanol–water partition coefficient (Wildman–Crippen LogP) is 19.1. The van der Waals surface area contributed by atoms with Gasteiger partial charge in [0.25, 0.3) is 0 Å². The number of benzene rings is 9. The smallest absolute Gasteiger partial charge is 0.416 e. The molecule has 0 saturated heterocycles. The number of hydrogen-bond donors (Lipinski definition) is 2. The maximum Gasteiger partial charge on any atom is 0.416 e. The minimum absolute atomic E-state index is 0.00897. The van der Waals surface area contributed by atoms with Crippen LogP contribution in [0.15, 0.2) is 215 Å².